The molecule has 0 aromatic carbocycles. The van der Waals surface area contributed by atoms with Crippen LogP contribution in [0.3, 0.4) is 0 Å². The van der Waals surface area contributed by atoms with Crippen molar-refractivity contribution in [2.45, 2.75) is 83.3 Å². The van der Waals surface area contributed by atoms with E-state index in [1.165, 1.54) is 25.7 Å². The van der Waals surface area contributed by atoms with E-state index >= 15 is 0 Å². The zero-order valence-corrected chi connectivity index (χ0v) is 13.3. The zero-order chi connectivity index (χ0) is 15.0. The first-order valence-corrected chi connectivity index (χ1v) is 8.90. The summed E-state index contributed by atoms with van der Waals surface area (Å²) in [4.78, 5) is 11.9. The minimum atomic E-state index is -0.269. The third kappa shape index (κ3) is 2.92. The largest absolute Gasteiger partial charge is 0.393 e. The van der Waals surface area contributed by atoms with Gasteiger partial charge in [-0.05, 0) is 49.9 Å². The smallest absolute Gasteiger partial charge is 0.139 e. The Bertz CT molecular complexity index is 388. The van der Waals surface area contributed by atoms with Crippen molar-refractivity contribution in [3.63, 3.8) is 0 Å². The summed E-state index contributed by atoms with van der Waals surface area (Å²) < 4.78 is 0. The molecule has 3 saturated carbocycles. The maximum atomic E-state index is 11.9. The Kier molecular flexibility index (Phi) is 4.42. The predicted octanol–water partition coefficient (Wildman–Crippen LogP) is 3.07. The number of fused-ring (bicyclic) bond motifs is 1. The first-order chi connectivity index (χ1) is 10.0. The van der Waals surface area contributed by atoms with Gasteiger partial charge in [0, 0.05) is 11.8 Å². The highest BCUT2D eigenvalue weighted by molar-refractivity contribution is 5.91. The van der Waals surface area contributed by atoms with E-state index in [2.05, 4.69) is 6.92 Å². The number of hydrogen-bond acceptors (Lipinski definition) is 3. The Labute approximate surface area is 128 Å². The van der Waals surface area contributed by atoms with Crippen LogP contribution in [0.15, 0.2) is 0 Å². The number of aliphatic hydroxyl groups is 2. The molecule has 0 aromatic heterocycles. The Morgan fingerprint density at radius 2 is 2.00 bits per heavy atom. The lowest BCUT2D eigenvalue weighted by Crippen LogP contribution is -2.57. The van der Waals surface area contributed by atoms with Gasteiger partial charge in [-0.3, -0.25) is 4.79 Å². The summed E-state index contributed by atoms with van der Waals surface area (Å²) in [6.45, 7) is 2.08. The quantitative estimate of drug-likeness (QED) is 0.819. The van der Waals surface area contributed by atoms with Gasteiger partial charge in [0.25, 0.3) is 0 Å². The molecule has 0 amide bonds. The molecule has 0 heterocycles. The molecular weight excluding hydrogens is 264 g/mol. The molecule has 0 aromatic rings. The van der Waals surface area contributed by atoms with Crippen molar-refractivity contribution in [3.05, 3.63) is 0 Å². The molecule has 2 N–H and O–H groups in total. The van der Waals surface area contributed by atoms with Crippen LogP contribution in [0.5, 0.6) is 0 Å². The molecule has 3 nitrogen and oxygen atoms in total. The van der Waals surface area contributed by atoms with Gasteiger partial charge in [-0.2, -0.15) is 0 Å². The lowest BCUT2D eigenvalue weighted by molar-refractivity contribution is -0.161. The third-order valence-corrected chi connectivity index (χ3v) is 6.74. The predicted molar refractivity (Wildman–Crippen MR) is 81.8 cm³/mol. The van der Waals surface area contributed by atoms with Crippen LogP contribution in [0.4, 0.5) is 0 Å². The van der Waals surface area contributed by atoms with E-state index < -0.39 is 0 Å². The molecule has 0 bridgehead atoms. The lowest BCUT2D eigenvalue weighted by atomic mass is 9.49. The minimum Gasteiger partial charge on any atom is -0.393 e. The van der Waals surface area contributed by atoms with Gasteiger partial charge in [0.1, 0.15) is 5.78 Å². The highest BCUT2D eigenvalue weighted by atomic mass is 16.3. The Morgan fingerprint density at radius 1 is 1.29 bits per heavy atom. The number of hydrogen-bond donors (Lipinski definition) is 2. The molecular formula is C18H30O3. The molecule has 3 rings (SSSR count). The van der Waals surface area contributed by atoms with E-state index in [1.807, 2.05) is 0 Å². The first-order valence-electron chi connectivity index (χ1n) is 8.90. The molecule has 3 heteroatoms. The monoisotopic (exact) mass is 294 g/mol. The summed E-state index contributed by atoms with van der Waals surface area (Å²) in [5.74, 6) is 1.68. The molecule has 0 unspecified atom stereocenters. The molecule has 21 heavy (non-hydrogen) atoms. The molecule has 5 atom stereocenters. The Balaban J connectivity index is 1.50. The van der Waals surface area contributed by atoms with E-state index in [0.29, 0.717) is 24.0 Å². The fourth-order valence-corrected chi connectivity index (χ4v) is 5.14. The fraction of sp³-hybridized carbons (Fsp3) is 0.944. The summed E-state index contributed by atoms with van der Waals surface area (Å²) in [6.07, 6.45) is 9.56. The number of aliphatic hydroxyl groups excluding tert-OH is 2. The van der Waals surface area contributed by atoms with Gasteiger partial charge in [-0.1, -0.05) is 32.6 Å². The van der Waals surface area contributed by atoms with Crippen LogP contribution < -0.4 is 0 Å². The number of carbonyl (C=O) groups excluding carboxylic acids is 1. The molecule has 0 saturated heterocycles. The number of carbonyl (C=O) groups is 1. The van der Waals surface area contributed by atoms with Gasteiger partial charge in [0.05, 0.1) is 12.2 Å². The molecule has 120 valence electrons. The first kappa shape index (κ1) is 15.5. The van der Waals surface area contributed by atoms with Crippen LogP contribution >= 0.6 is 0 Å². The van der Waals surface area contributed by atoms with Gasteiger partial charge < -0.3 is 10.2 Å². The average Bonchev–Trinajstić information content (AvgIpc) is 2.95. The number of rotatable bonds is 5. The number of ketones is 1. The van der Waals surface area contributed by atoms with Crippen LogP contribution in [-0.2, 0) is 4.79 Å². The molecule has 0 spiro atoms. The summed E-state index contributed by atoms with van der Waals surface area (Å²) >= 11 is 0. The zero-order valence-electron chi connectivity index (χ0n) is 13.3. The fourth-order valence-electron chi connectivity index (χ4n) is 5.14. The van der Waals surface area contributed by atoms with Crippen molar-refractivity contribution in [1.29, 1.82) is 0 Å². The molecule has 0 radical (unpaired) electrons. The van der Waals surface area contributed by atoms with E-state index in [-0.39, 0.29) is 23.5 Å². The number of Topliss-reactive ketones (excluding diaryl/α,β-unsaturated/α-hetero) is 1. The summed E-state index contributed by atoms with van der Waals surface area (Å²) in [7, 11) is 0. The van der Waals surface area contributed by atoms with Gasteiger partial charge >= 0.3 is 0 Å². The molecule has 3 fully saturated rings. The second-order valence-electron chi connectivity index (χ2n) is 8.04. The van der Waals surface area contributed by atoms with Gasteiger partial charge in [-0.25, -0.2) is 0 Å². The van der Waals surface area contributed by atoms with Crippen LogP contribution in [0.25, 0.3) is 0 Å². The van der Waals surface area contributed by atoms with Crippen molar-refractivity contribution in [1.82, 2.24) is 0 Å². The van der Waals surface area contributed by atoms with Crippen molar-refractivity contribution in [2.24, 2.45) is 23.2 Å². The van der Waals surface area contributed by atoms with E-state index in [1.54, 1.807) is 0 Å². The van der Waals surface area contributed by atoms with Crippen molar-refractivity contribution in [3.8, 4) is 0 Å². The minimum absolute atomic E-state index is 0.166. The van der Waals surface area contributed by atoms with E-state index in [4.69, 9.17) is 0 Å². The SMILES string of the molecule is C[C@@]12CC[C@H](O)[C@@H](CC[C@@H](O)CC3CCCC3)[C@@H]1CC2=O. The normalized spacial score (nSPS) is 41.7. The second-order valence-corrected chi connectivity index (χ2v) is 8.04. The standard InChI is InChI=1S/C18H30O3/c1-18-9-8-16(20)14(15(18)11-17(18)21)7-6-13(19)10-12-4-2-3-5-12/h12-16,19-20H,2-11H2,1H3/t13-,14+,15+,16+,18-/m1/s1. The summed E-state index contributed by atoms with van der Waals surface area (Å²) in [5.41, 5.74) is -0.166. The van der Waals surface area contributed by atoms with Crippen LogP contribution in [0, 0.1) is 23.2 Å². The van der Waals surface area contributed by atoms with Crippen molar-refractivity contribution < 1.29 is 15.0 Å². The highest BCUT2D eigenvalue weighted by Gasteiger charge is 2.57. The van der Waals surface area contributed by atoms with Gasteiger partial charge in [0.15, 0.2) is 0 Å². The average molecular weight is 294 g/mol. The Morgan fingerprint density at radius 3 is 2.67 bits per heavy atom. The van der Waals surface area contributed by atoms with Crippen LogP contribution in [-0.4, -0.2) is 28.2 Å². The lowest BCUT2D eigenvalue weighted by Gasteiger charge is -2.54. The third-order valence-electron chi connectivity index (χ3n) is 6.74. The van der Waals surface area contributed by atoms with Crippen molar-refractivity contribution in [2.75, 3.05) is 0 Å². The second kappa shape index (κ2) is 6.00. The topological polar surface area (TPSA) is 57.5 Å². The molecule has 3 aliphatic rings. The summed E-state index contributed by atoms with van der Waals surface area (Å²) in [6, 6.07) is 0. The summed E-state index contributed by atoms with van der Waals surface area (Å²) in [5, 5.41) is 20.6. The van der Waals surface area contributed by atoms with E-state index in [0.717, 1.165) is 32.1 Å². The van der Waals surface area contributed by atoms with Crippen LogP contribution in [0.2, 0.25) is 0 Å². The van der Waals surface area contributed by atoms with Gasteiger partial charge in [-0.15, -0.1) is 0 Å². The van der Waals surface area contributed by atoms with Crippen molar-refractivity contribution >= 4 is 5.78 Å². The van der Waals surface area contributed by atoms with Gasteiger partial charge in [0.2, 0.25) is 0 Å². The molecule has 3 aliphatic carbocycles. The maximum absolute atomic E-state index is 11.9. The maximum Gasteiger partial charge on any atom is 0.139 e. The molecule has 0 aliphatic heterocycles. The Hall–Kier alpha value is -0.410. The van der Waals surface area contributed by atoms with E-state index in [9.17, 15) is 15.0 Å². The van der Waals surface area contributed by atoms with Crippen LogP contribution in [0.1, 0.15) is 71.1 Å². The highest BCUT2D eigenvalue weighted by Crippen LogP contribution is 2.56.